The van der Waals surface area contributed by atoms with E-state index in [0.717, 1.165) is 0 Å². The fourth-order valence-corrected chi connectivity index (χ4v) is 2.20. The molecule has 0 amide bonds. The van der Waals surface area contributed by atoms with Gasteiger partial charge in [-0.05, 0) is 31.7 Å². The van der Waals surface area contributed by atoms with Gasteiger partial charge in [0.1, 0.15) is 0 Å². The summed E-state index contributed by atoms with van der Waals surface area (Å²) in [7, 11) is -2.02. The van der Waals surface area contributed by atoms with Gasteiger partial charge in [0.05, 0.1) is 4.90 Å². The van der Waals surface area contributed by atoms with Gasteiger partial charge in [-0.15, -0.1) is 0 Å². The van der Waals surface area contributed by atoms with Gasteiger partial charge >= 0.3 is 0 Å². The third kappa shape index (κ3) is 2.21. The molecule has 1 N–H and O–H groups in total. The van der Waals surface area contributed by atoms with E-state index >= 15 is 0 Å². The van der Waals surface area contributed by atoms with E-state index < -0.39 is 10.0 Å². The van der Waals surface area contributed by atoms with Crippen molar-refractivity contribution >= 4 is 21.6 Å². The second-order valence-corrected chi connectivity index (χ2v) is 4.91. The van der Waals surface area contributed by atoms with Gasteiger partial charge in [0.15, 0.2) is 0 Å². The summed E-state index contributed by atoms with van der Waals surface area (Å²) < 4.78 is 25.0. The first-order valence-electron chi connectivity index (χ1n) is 3.67. The van der Waals surface area contributed by atoms with Crippen molar-refractivity contribution in [2.24, 2.45) is 0 Å². The molecule has 5 heteroatoms. The highest BCUT2D eigenvalue weighted by atomic mass is 35.5. The molecule has 72 valence electrons. The zero-order valence-corrected chi connectivity index (χ0v) is 8.91. The van der Waals surface area contributed by atoms with Crippen LogP contribution in [0.25, 0.3) is 0 Å². The third-order valence-corrected chi connectivity index (χ3v) is 3.50. The highest BCUT2D eigenvalue weighted by Gasteiger charge is 2.14. The molecule has 0 aliphatic carbocycles. The summed E-state index contributed by atoms with van der Waals surface area (Å²) in [4.78, 5) is 0.225. The molecule has 1 aromatic carbocycles. The molecule has 0 aromatic heterocycles. The Bertz CT molecular complexity index is 414. The van der Waals surface area contributed by atoms with Gasteiger partial charge in [0.25, 0.3) is 0 Å². The van der Waals surface area contributed by atoms with Gasteiger partial charge in [-0.3, -0.25) is 0 Å². The third-order valence-electron chi connectivity index (χ3n) is 1.71. The zero-order chi connectivity index (χ0) is 10.1. The fraction of sp³-hybridized carbons (Fsp3) is 0.250. The lowest BCUT2D eigenvalue weighted by atomic mass is 10.2. The molecule has 0 saturated heterocycles. The molecule has 0 aliphatic rings. The molecule has 0 heterocycles. The maximum Gasteiger partial charge on any atom is 0.240 e. The molecule has 3 nitrogen and oxygen atoms in total. The summed E-state index contributed by atoms with van der Waals surface area (Å²) in [6, 6.07) is 4.76. The second-order valence-electron chi connectivity index (χ2n) is 2.62. The number of halogens is 1. The van der Waals surface area contributed by atoms with E-state index in [2.05, 4.69) is 4.72 Å². The maximum absolute atomic E-state index is 11.4. The van der Waals surface area contributed by atoms with Crippen molar-refractivity contribution in [1.29, 1.82) is 0 Å². The van der Waals surface area contributed by atoms with Gasteiger partial charge in [-0.25, -0.2) is 13.1 Å². The van der Waals surface area contributed by atoms with Crippen molar-refractivity contribution in [3.05, 3.63) is 28.8 Å². The van der Waals surface area contributed by atoms with Crippen LogP contribution >= 0.6 is 11.6 Å². The largest absolute Gasteiger partial charge is 0.240 e. The van der Waals surface area contributed by atoms with Gasteiger partial charge in [0.2, 0.25) is 10.0 Å². The molecular weight excluding hydrogens is 210 g/mol. The van der Waals surface area contributed by atoms with Crippen LogP contribution in [0.5, 0.6) is 0 Å². The first kappa shape index (κ1) is 10.5. The van der Waals surface area contributed by atoms with Crippen LogP contribution in [-0.2, 0) is 10.0 Å². The first-order valence-corrected chi connectivity index (χ1v) is 5.53. The fourth-order valence-electron chi connectivity index (χ4n) is 0.973. The summed E-state index contributed by atoms with van der Waals surface area (Å²) in [6.07, 6.45) is 0. The minimum Gasteiger partial charge on any atom is -0.214 e. The molecule has 0 spiro atoms. The first-order chi connectivity index (χ1) is 5.97. The Hall–Kier alpha value is -0.580. The highest BCUT2D eigenvalue weighted by molar-refractivity contribution is 7.89. The van der Waals surface area contributed by atoms with Crippen LogP contribution in [0.1, 0.15) is 5.56 Å². The number of aryl methyl sites for hydroxylation is 1. The van der Waals surface area contributed by atoms with E-state index in [9.17, 15) is 8.42 Å². The molecule has 0 radical (unpaired) electrons. The van der Waals surface area contributed by atoms with E-state index in [4.69, 9.17) is 11.6 Å². The Morgan fingerprint density at radius 2 is 2.00 bits per heavy atom. The number of rotatable bonds is 2. The van der Waals surface area contributed by atoms with Gasteiger partial charge in [-0.1, -0.05) is 17.7 Å². The second kappa shape index (κ2) is 3.65. The van der Waals surface area contributed by atoms with E-state index in [1.165, 1.54) is 13.1 Å². The minimum atomic E-state index is -3.39. The quantitative estimate of drug-likeness (QED) is 0.821. The van der Waals surface area contributed by atoms with E-state index in [1.54, 1.807) is 19.1 Å². The standard InChI is InChI=1S/C8H10ClNO2S/c1-6-3-4-7(9)5-8(6)13(11,12)10-2/h3-5,10H,1-2H3. The number of sulfonamides is 1. The van der Waals surface area contributed by atoms with Crippen LogP contribution in [0.2, 0.25) is 5.02 Å². The van der Waals surface area contributed by atoms with Crippen LogP contribution in [0.3, 0.4) is 0 Å². The van der Waals surface area contributed by atoms with Crippen LogP contribution in [-0.4, -0.2) is 15.5 Å². The summed E-state index contributed by atoms with van der Waals surface area (Å²) in [6.45, 7) is 1.72. The molecule has 1 rings (SSSR count). The Labute approximate surface area is 82.8 Å². The van der Waals surface area contributed by atoms with Crippen LogP contribution in [0.15, 0.2) is 23.1 Å². The average molecular weight is 220 g/mol. The van der Waals surface area contributed by atoms with Gasteiger partial charge < -0.3 is 0 Å². The van der Waals surface area contributed by atoms with Crippen LogP contribution < -0.4 is 4.72 Å². The minimum absolute atomic E-state index is 0.225. The molecule has 0 unspecified atom stereocenters. The predicted octanol–water partition coefficient (Wildman–Crippen LogP) is 1.56. The Balaban J connectivity index is 3.38. The molecule has 0 fully saturated rings. The Morgan fingerprint density at radius 1 is 1.38 bits per heavy atom. The number of hydrogen-bond acceptors (Lipinski definition) is 2. The lowest BCUT2D eigenvalue weighted by molar-refractivity contribution is 0.587. The highest BCUT2D eigenvalue weighted by Crippen LogP contribution is 2.19. The average Bonchev–Trinajstić information content (AvgIpc) is 2.09. The number of nitrogens with one attached hydrogen (secondary N) is 1. The van der Waals surface area contributed by atoms with Crippen LogP contribution in [0, 0.1) is 6.92 Å². The maximum atomic E-state index is 11.4. The number of hydrogen-bond donors (Lipinski definition) is 1. The van der Waals surface area contributed by atoms with E-state index in [0.29, 0.717) is 10.6 Å². The Kier molecular flexibility index (Phi) is 2.95. The SMILES string of the molecule is CNS(=O)(=O)c1cc(Cl)ccc1C. The van der Waals surface area contributed by atoms with Crippen molar-refractivity contribution in [3.8, 4) is 0 Å². The lowest BCUT2D eigenvalue weighted by Gasteiger charge is -2.05. The molecule has 1 aromatic rings. The van der Waals surface area contributed by atoms with Gasteiger partial charge in [0, 0.05) is 5.02 Å². The predicted molar refractivity (Wildman–Crippen MR) is 52.4 cm³/mol. The Morgan fingerprint density at radius 3 is 2.54 bits per heavy atom. The monoisotopic (exact) mass is 219 g/mol. The van der Waals surface area contributed by atoms with Crippen molar-refractivity contribution in [2.45, 2.75) is 11.8 Å². The van der Waals surface area contributed by atoms with Crippen molar-refractivity contribution in [2.75, 3.05) is 7.05 Å². The van der Waals surface area contributed by atoms with E-state index in [-0.39, 0.29) is 4.90 Å². The topological polar surface area (TPSA) is 46.2 Å². The molecule has 0 aliphatic heterocycles. The van der Waals surface area contributed by atoms with Crippen molar-refractivity contribution < 1.29 is 8.42 Å². The van der Waals surface area contributed by atoms with Crippen molar-refractivity contribution in [3.63, 3.8) is 0 Å². The normalized spacial score (nSPS) is 11.6. The summed E-state index contributed by atoms with van der Waals surface area (Å²) in [5.41, 5.74) is 0.679. The smallest absolute Gasteiger partial charge is 0.214 e. The molecular formula is C8H10ClNO2S. The summed E-state index contributed by atoms with van der Waals surface area (Å²) in [5, 5.41) is 0.416. The molecule has 13 heavy (non-hydrogen) atoms. The molecule has 0 saturated carbocycles. The zero-order valence-electron chi connectivity index (χ0n) is 7.33. The number of benzene rings is 1. The van der Waals surface area contributed by atoms with Crippen LogP contribution in [0.4, 0.5) is 0 Å². The van der Waals surface area contributed by atoms with Gasteiger partial charge in [-0.2, -0.15) is 0 Å². The lowest BCUT2D eigenvalue weighted by Crippen LogP contribution is -2.19. The van der Waals surface area contributed by atoms with Crippen molar-refractivity contribution in [1.82, 2.24) is 4.72 Å². The summed E-state index contributed by atoms with van der Waals surface area (Å²) >= 11 is 5.69. The molecule has 0 atom stereocenters. The summed E-state index contributed by atoms with van der Waals surface area (Å²) in [5.74, 6) is 0. The molecule has 0 bridgehead atoms. The van der Waals surface area contributed by atoms with E-state index in [1.807, 2.05) is 0 Å².